The van der Waals surface area contributed by atoms with Crippen molar-refractivity contribution >= 4 is 5.91 Å². The lowest BCUT2D eigenvalue weighted by Gasteiger charge is -2.35. The fourth-order valence-electron chi connectivity index (χ4n) is 2.75. The lowest BCUT2D eigenvalue weighted by atomic mass is 9.79. The minimum absolute atomic E-state index is 0.0983. The Kier molecular flexibility index (Phi) is 4.05. The van der Waals surface area contributed by atoms with E-state index in [0.29, 0.717) is 12.5 Å². The molecule has 1 saturated heterocycles. The van der Waals surface area contributed by atoms with Gasteiger partial charge in [0.25, 0.3) is 0 Å². The Balaban J connectivity index is 1.75. The van der Waals surface area contributed by atoms with Crippen LogP contribution in [0.15, 0.2) is 0 Å². The second-order valence-corrected chi connectivity index (χ2v) is 5.81. The molecule has 17 heavy (non-hydrogen) atoms. The van der Waals surface area contributed by atoms with Gasteiger partial charge in [-0.1, -0.05) is 6.92 Å². The first-order valence-electron chi connectivity index (χ1n) is 6.80. The number of nitrogens with one attached hydrogen (secondary N) is 2. The Morgan fingerprint density at radius 2 is 2.12 bits per heavy atom. The molecule has 0 aromatic carbocycles. The van der Waals surface area contributed by atoms with Crippen LogP contribution in [0.4, 0.5) is 0 Å². The average Bonchev–Trinajstić information content (AvgIpc) is 2.84. The molecule has 2 fully saturated rings. The van der Waals surface area contributed by atoms with Gasteiger partial charge < -0.3 is 15.7 Å². The summed E-state index contributed by atoms with van der Waals surface area (Å²) in [4.78, 5) is 11.8. The predicted molar refractivity (Wildman–Crippen MR) is 66.6 cm³/mol. The van der Waals surface area contributed by atoms with Crippen LogP contribution < -0.4 is 10.6 Å². The van der Waals surface area contributed by atoms with Crippen LogP contribution in [0.2, 0.25) is 0 Å². The molecule has 0 spiro atoms. The number of amides is 1. The van der Waals surface area contributed by atoms with Gasteiger partial charge in [0.05, 0.1) is 11.5 Å². The molecule has 0 aromatic rings. The highest BCUT2D eigenvalue weighted by molar-refractivity contribution is 5.79. The van der Waals surface area contributed by atoms with Crippen LogP contribution >= 0.6 is 0 Å². The molecule has 0 radical (unpaired) electrons. The lowest BCUT2D eigenvalue weighted by molar-refractivity contribution is -0.126. The van der Waals surface area contributed by atoms with Crippen LogP contribution in [0.5, 0.6) is 0 Å². The maximum absolute atomic E-state index is 11.8. The number of carbonyl (C=O) groups is 1. The minimum Gasteiger partial charge on any atom is -0.388 e. The first-order valence-corrected chi connectivity index (χ1v) is 6.80. The van der Waals surface area contributed by atoms with Crippen LogP contribution in [0.3, 0.4) is 0 Å². The summed E-state index contributed by atoms with van der Waals surface area (Å²) >= 11 is 0. The van der Waals surface area contributed by atoms with E-state index in [1.807, 2.05) is 0 Å². The molecular weight excluding hydrogens is 216 g/mol. The number of hydrogen-bond donors (Lipinski definition) is 3. The van der Waals surface area contributed by atoms with E-state index < -0.39 is 5.60 Å². The molecule has 1 heterocycles. The Hall–Kier alpha value is -0.610. The van der Waals surface area contributed by atoms with E-state index in [2.05, 4.69) is 17.6 Å². The maximum atomic E-state index is 11.8. The molecule has 2 aliphatic rings. The summed E-state index contributed by atoms with van der Waals surface area (Å²) in [5, 5.41) is 16.5. The molecule has 1 saturated carbocycles. The average molecular weight is 240 g/mol. The van der Waals surface area contributed by atoms with Crippen LogP contribution in [0, 0.1) is 11.8 Å². The van der Waals surface area contributed by atoms with Crippen molar-refractivity contribution < 1.29 is 9.90 Å². The normalized spacial score (nSPS) is 38.0. The van der Waals surface area contributed by atoms with Crippen LogP contribution in [-0.4, -0.2) is 36.2 Å². The van der Waals surface area contributed by atoms with Gasteiger partial charge >= 0.3 is 0 Å². The molecule has 4 heteroatoms. The summed E-state index contributed by atoms with van der Waals surface area (Å²) in [6.45, 7) is 4.36. The van der Waals surface area contributed by atoms with Gasteiger partial charge in [-0.2, -0.15) is 0 Å². The summed E-state index contributed by atoms with van der Waals surface area (Å²) in [6, 6.07) is 0. The number of rotatable bonds is 3. The van der Waals surface area contributed by atoms with E-state index in [9.17, 15) is 9.90 Å². The van der Waals surface area contributed by atoms with E-state index in [1.165, 1.54) is 0 Å². The number of carbonyl (C=O) groups excluding carboxylic acids is 1. The number of hydrogen-bond acceptors (Lipinski definition) is 3. The van der Waals surface area contributed by atoms with Gasteiger partial charge in [0.2, 0.25) is 5.91 Å². The van der Waals surface area contributed by atoms with Crippen molar-refractivity contribution in [3.8, 4) is 0 Å². The second-order valence-electron chi connectivity index (χ2n) is 5.81. The molecule has 1 aliphatic carbocycles. The SMILES string of the molecule is CC1CCC(O)(CNC(=O)C2CCNC2)CC1. The fraction of sp³-hybridized carbons (Fsp3) is 0.923. The van der Waals surface area contributed by atoms with Crippen molar-refractivity contribution in [1.82, 2.24) is 10.6 Å². The molecule has 98 valence electrons. The van der Waals surface area contributed by atoms with Gasteiger partial charge in [-0.05, 0) is 44.6 Å². The first-order chi connectivity index (χ1) is 8.09. The van der Waals surface area contributed by atoms with Crippen LogP contribution in [0.1, 0.15) is 39.0 Å². The highest BCUT2D eigenvalue weighted by Gasteiger charge is 2.33. The van der Waals surface area contributed by atoms with Gasteiger partial charge in [0, 0.05) is 13.1 Å². The molecule has 0 bridgehead atoms. The Morgan fingerprint density at radius 1 is 1.41 bits per heavy atom. The first kappa shape index (κ1) is 12.8. The summed E-state index contributed by atoms with van der Waals surface area (Å²) in [5.74, 6) is 0.910. The summed E-state index contributed by atoms with van der Waals surface area (Å²) < 4.78 is 0. The minimum atomic E-state index is -0.659. The van der Waals surface area contributed by atoms with Crippen molar-refractivity contribution in [3.05, 3.63) is 0 Å². The molecule has 0 aromatic heterocycles. The standard InChI is InChI=1S/C13H24N2O2/c1-10-2-5-13(17,6-3-10)9-15-12(16)11-4-7-14-8-11/h10-11,14,17H,2-9H2,1H3,(H,15,16). The second kappa shape index (κ2) is 5.36. The zero-order valence-corrected chi connectivity index (χ0v) is 10.7. The van der Waals surface area contributed by atoms with Gasteiger partial charge in [0.1, 0.15) is 0 Å². The summed E-state index contributed by atoms with van der Waals surface area (Å²) in [7, 11) is 0. The molecule has 1 amide bonds. The Morgan fingerprint density at radius 3 is 2.71 bits per heavy atom. The van der Waals surface area contributed by atoms with Crippen molar-refractivity contribution in [2.24, 2.45) is 11.8 Å². The van der Waals surface area contributed by atoms with Crippen LogP contribution in [-0.2, 0) is 4.79 Å². The van der Waals surface area contributed by atoms with Crippen molar-refractivity contribution in [2.75, 3.05) is 19.6 Å². The van der Waals surface area contributed by atoms with E-state index in [1.54, 1.807) is 0 Å². The van der Waals surface area contributed by atoms with Crippen molar-refractivity contribution in [3.63, 3.8) is 0 Å². The topological polar surface area (TPSA) is 61.4 Å². The lowest BCUT2D eigenvalue weighted by Crippen LogP contribution is -2.46. The van der Waals surface area contributed by atoms with Crippen LogP contribution in [0.25, 0.3) is 0 Å². The smallest absolute Gasteiger partial charge is 0.224 e. The van der Waals surface area contributed by atoms with Gasteiger partial charge in [-0.15, -0.1) is 0 Å². The third kappa shape index (κ3) is 3.42. The zero-order chi connectivity index (χ0) is 12.3. The number of aliphatic hydroxyl groups is 1. The Labute approximate surface area is 103 Å². The predicted octanol–water partition coefficient (Wildman–Crippen LogP) is 0.653. The quantitative estimate of drug-likeness (QED) is 0.679. The monoisotopic (exact) mass is 240 g/mol. The maximum Gasteiger partial charge on any atom is 0.224 e. The van der Waals surface area contributed by atoms with Gasteiger partial charge in [0.15, 0.2) is 0 Å². The third-order valence-electron chi connectivity index (χ3n) is 4.23. The summed E-state index contributed by atoms with van der Waals surface area (Å²) in [6.07, 6.45) is 4.69. The zero-order valence-electron chi connectivity index (χ0n) is 10.7. The van der Waals surface area contributed by atoms with Gasteiger partial charge in [-0.3, -0.25) is 4.79 Å². The fourth-order valence-corrected chi connectivity index (χ4v) is 2.75. The van der Waals surface area contributed by atoms with Gasteiger partial charge in [-0.25, -0.2) is 0 Å². The largest absolute Gasteiger partial charge is 0.388 e. The van der Waals surface area contributed by atoms with E-state index >= 15 is 0 Å². The molecular formula is C13H24N2O2. The molecule has 1 atom stereocenters. The highest BCUT2D eigenvalue weighted by Crippen LogP contribution is 2.31. The highest BCUT2D eigenvalue weighted by atomic mass is 16.3. The third-order valence-corrected chi connectivity index (χ3v) is 4.23. The molecule has 1 unspecified atom stereocenters. The molecule has 2 rings (SSSR count). The summed E-state index contributed by atoms with van der Waals surface area (Å²) in [5.41, 5.74) is -0.659. The molecule has 3 N–H and O–H groups in total. The molecule has 4 nitrogen and oxygen atoms in total. The van der Waals surface area contributed by atoms with Crippen molar-refractivity contribution in [2.45, 2.75) is 44.6 Å². The van der Waals surface area contributed by atoms with E-state index in [-0.39, 0.29) is 11.8 Å². The molecule has 1 aliphatic heterocycles. The van der Waals surface area contributed by atoms with E-state index in [0.717, 1.165) is 45.2 Å². The van der Waals surface area contributed by atoms with Crippen molar-refractivity contribution in [1.29, 1.82) is 0 Å². The Bertz CT molecular complexity index is 267. The van der Waals surface area contributed by atoms with E-state index in [4.69, 9.17) is 0 Å².